The van der Waals surface area contributed by atoms with Crippen LogP contribution in [0.1, 0.15) is 40.9 Å². The lowest BCUT2D eigenvalue weighted by Gasteiger charge is -2.38. The van der Waals surface area contributed by atoms with Gasteiger partial charge in [0.25, 0.3) is 5.91 Å². The second-order valence-corrected chi connectivity index (χ2v) is 12.6. The number of halogens is 4. The first-order valence-corrected chi connectivity index (χ1v) is 16.2. The Kier molecular flexibility index (Phi) is 11.4. The maximum absolute atomic E-state index is 14.2. The fraction of sp³-hybridized carbons (Fsp3) is 0.316. The fourth-order valence-corrected chi connectivity index (χ4v) is 5.81. The maximum Gasteiger partial charge on any atom is 0.419 e. The van der Waals surface area contributed by atoms with Gasteiger partial charge in [-0.1, -0.05) is 49.4 Å². The average molecular weight is 694 g/mol. The molecular formula is C38H39F4N3O5. The van der Waals surface area contributed by atoms with Crippen LogP contribution in [0.25, 0.3) is 0 Å². The van der Waals surface area contributed by atoms with Crippen molar-refractivity contribution in [2.75, 3.05) is 32.1 Å². The fourth-order valence-electron chi connectivity index (χ4n) is 5.81. The summed E-state index contributed by atoms with van der Waals surface area (Å²) in [6, 6.07) is 23.8. The molecule has 0 aromatic heterocycles. The molecule has 0 radical (unpaired) electrons. The van der Waals surface area contributed by atoms with Crippen LogP contribution in [0.4, 0.5) is 23.2 Å². The summed E-state index contributed by atoms with van der Waals surface area (Å²) in [7, 11) is 1.94. The first-order chi connectivity index (χ1) is 23.8. The minimum atomic E-state index is -4.86. The van der Waals surface area contributed by atoms with E-state index in [1.807, 2.05) is 68.6 Å². The number of aliphatic hydroxyl groups is 1. The number of rotatable bonds is 11. The molecule has 12 heteroatoms. The van der Waals surface area contributed by atoms with E-state index in [-0.39, 0.29) is 41.0 Å². The SMILES string of the molecule is CC(CO)N1C[C@@H](C)[C@@H](CN(C)Cc2ccc(Oc3ccccc3)cc2)Oc2c(NC(=O)Cc3ccc(C(F)(F)F)c(F)c3)cccc2C1=O. The molecule has 0 aliphatic carbocycles. The summed E-state index contributed by atoms with van der Waals surface area (Å²) in [5, 5.41) is 12.7. The highest BCUT2D eigenvalue weighted by molar-refractivity contribution is 6.02. The summed E-state index contributed by atoms with van der Waals surface area (Å²) in [5.74, 6) is -1.14. The molecule has 3 atom stereocenters. The molecule has 5 rings (SSSR count). The van der Waals surface area contributed by atoms with E-state index < -0.39 is 42.0 Å². The lowest BCUT2D eigenvalue weighted by atomic mass is 9.98. The number of anilines is 1. The number of carbonyl (C=O) groups excluding carboxylic acids is 2. The molecule has 2 amide bonds. The number of hydrogen-bond acceptors (Lipinski definition) is 6. The topological polar surface area (TPSA) is 91.3 Å². The van der Waals surface area contributed by atoms with Crippen molar-refractivity contribution in [2.45, 2.75) is 45.1 Å². The molecule has 4 aromatic rings. The third-order valence-corrected chi connectivity index (χ3v) is 8.52. The largest absolute Gasteiger partial charge is 0.486 e. The van der Waals surface area contributed by atoms with Crippen molar-refractivity contribution in [3.8, 4) is 17.2 Å². The molecular weight excluding hydrogens is 654 g/mol. The number of carbonyl (C=O) groups is 2. The monoisotopic (exact) mass is 693 g/mol. The summed E-state index contributed by atoms with van der Waals surface area (Å²) < 4.78 is 65.7. The van der Waals surface area contributed by atoms with E-state index in [1.54, 1.807) is 30.0 Å². The molecule has 1 heterocycles. The van der Waals surface area contributed by atoms with Crippen LogP contribution in [-0.2, 0) is 23.9 Å². The summed E-state index contributed by atoms with van der Waals surface area (Å²) in [6.45, 7) is 4.75. The Morgan fingerprint density at radius 2 is 1.70 bits per heavy atom. The second-order valence-electron chi connectivity index (χ2n) is 12.6. The maximum atomic E-state index is 14.2. The molecule has 0 saturated carbocycles. The number of alkyl halides is 3. The summed E-state index contributed by atoms with van der Waals surface area (Å²) in [4.78, 5) is 30.6. The number of para-hydroxylation sites is 2. The van der Waals surface area contributed by atoms with Crippen LogP contribution in [0.15, 0.2) is 91.0 Å². The summed E-state index contributed by atoms with van der Waals surface area (Å²) in [5.41, 5.74) is 0.0152. The predicted octanol–water partition coefficient (Wildman–Crippen LogP) is 7.17. The Morgan fingerprint density at radius 1 is 1.02 bits per heavy atom. The molecule has 2 N–H and O–H groups in total. The minimum Gasteiger partial charge on any atom is -0.486 e. The normalized spacial score (nSPS) is 17.0. The van der Waals surface area contributed by atoms with E-state index in [0.717, 1.165) is 17.4 Å². The lowest BCUT2D eigenvalue weighted by Crippen LogP contribution is -2.49. The highest BCUT2D eigenvalue weighted by Crippen LogP contribution is 2.36. The minimum absolute atomic E-state index is 0.0412. The number of nitrogens with zero attached hydrogens (tertiary/aromatic N) is 2. The molecule has 1 aliphatic heterocycles. The summed E-state index contributed by atoms with van der Waals surface area (Å²) >= 11 is 0. The molecule has 1 aliphatic rings. The van der Waals surface area contributed by atoms with Gasteiger partial charge in [0.1, 0.15) is 23.4 Å². The van der Waals surface area contributed by atoms with Crippen molar-refractivity contribution < 1.29 is 41.7 Å². The van der Waals surface area contributed by atoms with Gasteiger partial charge in [0.15, 0.2) is 5.75 Å². The van der Waals surface area contributed by atoms with Crippen molar-refractivity contribution in [2.24, 2.45) is 5.92 Å². The van der Waals surface area contributed by atoms with Gasteiger partial charge in [-0.05, 0) is 73.6 Å². The van der Waals surface area contributed by atoms with Crippen LogP contribution in [0, 0.1) is 11.7 Å². The highest BCUT2D eigenvalue weighted by atomic mass is 19.4. The number of hydrogen-bond donors (Lipinski definition) is 2. The standard InChI is InChI=1S/C38H39F4N3O5/c1-24-20-45(25(2)23-46)37(48)30-10-7-11-33(43-35(47)19-27-14-17-31(32(39)18-27)38(40,41)42)36(30)50-34(24)22-44(3)21-26-12-15-29(16-13-26)49-28-8-5-4-6-9-28/h4-18,24-25,34,46H,19-23H2,1-3H3,(H,43,47)/t24-,25?,34-/m1/s1. The lowest BCUT2D eigenvalue weighted by molar-refractivity contribution is -0.140. The second kappa shape index (κ2) is 15.7. The van der Waals surface area contributed by atoms with Crippen LogP contribution < -0.4 is 14.8 Å². The van der Waals surface area contributed by atoms with Gasteiger partial charge in [-0.3, -0.25) is 14.5 Å². The molecule has 50 heavy (non-hydrogen) atoms. The average Bonchev–Trinajstić information content (AvgIpc) is 3.07. The number of likely N-dealkylation sites (N-methyl/N-ethyl adjacent to an activating group) is 1. The third-order valence-electron chi connectivity index (χ3n) is 8.52. The van der Waals surface area contributed by atoms with E-state index in [9.17, 15) is 32.3 Å². The Labute approximate surface area is 288 Å². The van der Waals surface area contributed by atoms with Crippen molar-refractivity contribution in [3.63, 3.8) is 0 Å². The molecule has 0 spiro atoms. The molecule has 4 aromatic carbocycles. The molecule has 264 valence electrons. The van der Waals surface area contributed by atoms with Gasteiger partial charge < -0.3 is 24.8 Å². The van der Waals surface area contributed by atoms with Crippen LogP contribution in [0.5, 0.6) is 17.2 Å². The number of nitrogens with one attached hydrogen (secondary N) is 1. The molecule has 0 saturated heterocycles. The summed E-state index contributed by atoms with van der Waals surface area (Å²) in [6.07, 6.45) is -5.75. The predicted molar refractivity (Wildman–Crippen MR) is 181 cm³/mol. The van der Waals surface area contributed by atoms with E-state index in [1.165, 1.54) is 0 Å². The highest BCUT2D eigenvalue weighted by Gasteiger charge is 2.36. The quantitative estimate of drug-likeness (QED) is 0.162. The smallest absolute Gasteiger partial charge is 0.419 e. The van der Waals surface area contributed by atoms with Gasteiger partial charge in [-0.25, -0.2) is 4.39 Å². The van der Waals surface area contributed by atoms with Crippen LogP contribution in [0.3, 0.4) is 0 Å². The Balaban J connectivity index is 1.35. The van der Waals surface area contributed by atoms with Crippen LogP contribution in [0.2, 0.25) is 0 Å². The van der Waals surface area contributed by atoms with Gasteiger partial charge in [-0.15, -0.1) is 0 Å². The van der Waals surface area contributed by atoms with E-state index in [2.05, 4.69) is 10.2 Å². The van der Waals surface area contributed by atoms with E-state index >= 15 is 0 Å². The Hall–Kier alpha value is -4.94. The molecule has 8 nitrogen and oxygen atoms in total. The van der Waals surface area contributed by atoms with Crippen molar-refractivity contribution in [3.05, 3.63) is 119 Å². The third kappa shape index (κ3) is 8.99. The first-order valence-electron chi connectivity index (χ1n) is 16.2. The zero-order valence-corrected chi connectivity index (χ0v) is 27.9. The first kappa shape index (κ1) is 36.3. The van der Waals surface area contributed by atoms with Crippen molar-refractivity contribution in [1.29, 1.82) is 0 Å². The Bertz CT molecular complexity index is 1790. The number of aliphatic hydroxyl groups excluding tert-OH is 1. The van der Waals surface area contributed by atoms with Gasteiger partial charge in [0.05, 0.1) is 35.9 Å². The van der Waals surface area contributed by atoms with Crippen molar-refractivity contribution in [1.82, 2.24) is 9.80 Å². The van der Waals surface area contributed by atoms with E-state index in [4.69, 9.17) is 9.47 Å². The molecule has 1 unspecified atom stereocenters. The zero-order chi connectivity index (χ0) is 36.0. The van der Waals surface area contributed by atoms with Gasteiger partial charge in [0, 0.05) is 25.6 Å². The van der Waals surface area contributed by atoms with Gasteiger partial charge in [-0.2, -0.15) is 13.2 Å². The van der Waals surface area contributed by atoms with Gasteiger partial charge >= 0.3 is 6.18 Å². The number of benzene rings is 4. The van der Waals surface area contributed by atoms with Crippen LogP contribution in [-0.4, -0.2) is 65.6 Å². The number of ether oxygens (including phenoxy) is 2. The zero-order valence-electron chi connectivity index (χ0n) is 27.9. The number of fused-ring (bicyclic) bond motifs is 1. The van der Waals surface area contributed by atoms with Gasteiger partial charge in [0.2, 0.25) is 5.91 Å². The number of amides is 2. The van der Waals surface area contributed by atoms with Crippen molar-refractivity contribution >= 4 is 17.5 Å². The Morgan fingerprint density at radius 3 is 2.36 bits per heavy atom. The molecule has 0 bridgehead atoms. The van der Waals surface area contributed by atoms with Crippen LogP contribution >= 0.6 is 0 Å². The van der Waals surface area contributed by atoms with E-state index in [0.29, 0.717) is 37.5 Å². The molecule has 0 fully saturated rings.